The molecule has 170 valence electrons. The lowest BCUT2D eigenvalue weighted by molar-refractivity contribution is -0.134. The second-order valence-corrected chi connectivity index (χ2v) is 8.66. The van der Waals surface area contributed by atoms with Gasteiger partial charge in [0.1, 0.15) is 11.8 Å². The molecule has 2 aromatic rings. The summed E-state index contributed by atoms with van der Waals surface area (Å²) in [7, 11) is 1.69. The molecule has 1 aliphatic carbocycles. The van der Waals surface area contributed by atoms with Crippen LogP contribution in [0.1, 0.15) is 48.0 Å². The van der Waals surface area contributed by atoms with E-state index in [1.54, 1.807) is 36.2 Å². The highest BCUT2D eigenvalue weighted by atomic mass is 19.3. The van der Waals surface area contributed by atoms with Gasteiger partial charge in [-0.1, -0.05) is 43.2 Å². The fourth-order valence-corrected chi connectivity index (χ4v) is 5.13. The van der Waals surface area contributed by atoms with E-state index < -0.39 is 12.7 Å². The summed E-state index contributed by atoms with van der Waals surface area (Å²) in [5, 5.41) is 0. The van der Waals surface area contributed by atoms with Crippen molar-refractivity contribution in [3.63, 3.8) is 0 Å². The fourth-order valence-electron chi connectivity index (χ4n) is 5.13. The van der Waals surface area contributed by atoms with Crippen LogP contribution in [0.15, 0.2) is 54.6 Å². The molecule has 0 radical (unpaired) electrons. The number of fused-ring (bicyclic) bond motifs is 1. The smallest absolute Gasteiger partial charge is 0.387 e. The standard InChI is InChI=1S/C25H28F2N2O3/c1-28(16-17-8-7-12-20(14-17)32-25(26)27)24(31)22-15-19-11-5-6-13-21(19)29(22)23(30)18-9-3-2-4-10-18/h2-4,7-10,12,14,19,21-22,25H,5-6,11,13,15-16H2,1H3. The number of likely N-dealkylation sites (tertiary alicyclic amines) is 1. The molecule has 4 rings (SSSR count). The van der Waals surface area contributed by atoms with Crippen molar-refractivity contribution in [2.45, 2.75) is 57.3 Å². The van der Waals surface area contributed by atoms with Crippen molar-refractivity contribution in [2.75, 3.05) is 7.05 Å². The Morgan fingerprint density at radius 3 is 2.59 bits per heavy atom. The average molecular weight is 443 g/mol. The van der Waals surface area contributed by atoms with Crippen LogP contribution >= 0.6 is 0 Å². The molecule has 2 aliphatic rings. The molecular formula is C25H28F2N2O3. The van der Waals surface area contributed by atoms with E-state index >= 15 is 0 Å². The number of hydrogen-bond donors (Lipinski definition) is 0. The van der Waals surface area contributed by atoms with Gasteiger partial charge in [0.2, 0.25) is 5.91 Å². The second-order valence-electron chi connectivity index (χ2n) is 8.66. The number of carbonyl (C=O) groups is 2. The highest BCUT2D eigenvalue weighted by Gasteiger charge is 2.48. The third-order valence-corrected chi connectivity index (χ3v) is 6.55. The third kappa shape index (κ3) is 4.76. The van der Waals surface area contributed by atoms with Gasteiger partial charge in [-0.2, -0.15) is 8.78 Å². The van der Waals surface area contributed by atoms with Gasteiger partial charge in [-0.25, -0.2) is 0 Å². The van der Waals surface area contributed by atoms with Crippen LogP contribution in [-0.2, 0) is 11.3 Å². The summed E-state index contributed by atoms with van der Waals surface area (Å²) in [6.07, 6.45) is 4.81. The number of ether oxygens (including phenoxy) is 1. The predicted octanol–water partition coefficient (Wildman–Crippen LogP) is 4.72. The highest BCUT2D eigenvalue weighted by Crippen LogP contribution is 2.41. The van der Waals surface area contributed by atoms with E-state index in [0.717, 1.165) is 25.7 Å². The lowest BCUT2D eigenvalue weighted by Gasteiger charge is -2.34. The number of alkyl halides is 2. The first-order valence-corrected chi connectivity index (χ1v) is 11.1. The van der Waals surface area contributed by atoms with E-state index in [0.29, 0.717) is 23.5 Å². The quantitative estimate of drug-likeness (QED) is 0.651. The third-order valence-electron chi connectivity index (χ3n) is 6.55. The van der Waals surface area contributed by atoms with Crippen LogP contribution in [0.3, 0.4) is 0 Å². The molecule has 2 aromatic carbocycles. The maximum Gasteiger partial charge on any atom is 0.387 e. The largest absolute Gasteiger partial charge is 0.435 e. The predicted molar refractivity (Wildman–Crippen MR) is 116 cm³/mol. The van der Waals surface area contributed by atoms with Gasteiger partial charge in [0.15, 0.2) is 0 Å². The fraction of sp³-hybridized carbons (Fsp3) is 0.440. The van der Waals surface area contributed by atoms with E-state index in [4.69, 9.17) is 0 Å². The molecule has 1 aliphatic heterocycles. The van der Waals surface area contributed by atoms with Crippen molar-refractivity contribution in [2.24, 2.45) is 5.92 Å². The maximum atomic E-state index is 13.5. The minimum atomic E-state index is -2.90. The Hall–Kier alpha value is -2.96. The SMILES string of the molecule is CN(Cc1cccc(OC(F)F)c1)C(=O)C1CC2CCCCC2N1C(=O)c1ccccc1. The summed E-state index contributed by atoms with van der Waals surface area (Å²) in [5.74, 6) is 0.176. The monoisotopic (exact) mass is 442 g/mol. The number of nitrogens with zero attached hydrogens (tertiary/aromatic N) is 2. The number of amides is 2. The second kappa shape index (κ2) is 9.67. The first kappa shape index (κ1) is 22.2. The van der Waals surface area contributed by atoms with Crippen LogP contribution in [0.2, 0.25) is 0 Å². The Morgan fingerprint density at radius 1 is 1.09 bits per heavy atom. The molecule has 1 saturated heterocycles. The Kier molecular flexibility index (Phi) is 6.72. The minimum absolute atomic E-state index is 0.0612. The number of hydrogen-bond acceptors (Lipinski definition) is 3. The zero-order valence-electron chi connectivity index (χ0n) is 18.1. The highest BCUT2D eigenvalue weighted by molar-refractivity contribution is 5.98. The van der Waals surface area contributed by atoms with Gasteiger partial charge in [0.25, 0.3) is 5.91 Å². The summed E-state index contributed by atoms with van der Waals surface area (Å²) in [4.78, 5) is 30.3. The van der Waals surface area contributed by atoms with Crippen LogP contribution in [0, 0.1) is 5.92 Å². The lowest BCUT2D eigenvalue weighted by atomic mass is 9.84. The number of likely N-dealkylation sites (N-methyl/N-ethyl adjacent to an activating group) is 1. The van der Waals surface area contributed by atoms with Crippen molar-refractivity contribution in [3.8, 4) is 5.75 Å². The topological polar surface area (TPSA) is 49.9 Å². The summed E-state index contributed by atoms with van der Waals surface area (Å²) in [6, 6.07) is 15.0. The maximum absolute atomic E-state index is 13.5. The summed E-state index contributed by atoms with van der Waals surface area (Å²) >= 11 is 0. The van der Waals surface area contributed by atoms with Gasteiger partial charge >= 0.3 is 6.61 Å². The summed E-state index contributed by atoms with van der Waals surface area (Å²) in [5.41, 5.74) is 1.28. The van der Waals surface area contributed by atoms with Crippen LogP contribution in [0.4, 0.5) is 8.78 Å². The van der Waals surface area contributed by atoms with Crippen molar-refractivity contribution in [1.29, 1.82) is 0 Å². The van der Waals surface area contributed by atoms with Crippen LogP contribution < -0.4 is 4.74 Å². The zero-order valence-corrected chi connectivity index (χ0v) is 18.1. The van der Waals surface area contributed by atoms with E-state index in [1.165, 1.54) is 12.1 Å². The van der Waals surface area contributed by atoms with E-state index in [9.17, 15) is 18.4 Å². The van der Waals surface area contributed by atoms with E-state index in [-0.39, 0.29) is 30.2 Å². The molecule has 2 amide bonds. The van der Waals surface area contributed by atoms with Gasteiger partial charge in [-0.05, 0) is 55.0 Å². The van der Waals surface area contributed by atoms with Gasteiger partial charge in [0.05, 0.1) is 0 Å². The molecule has 32 heavy (non-hydrogen) atoms. The molecule has 2 fully saturated rings. The van der Waals surface area contributed by atoms with E-state index in [2.05, 4.69) is 4.74 Å². The molecule has 0 N–H and O–H groups in total. The summed E-state index contributed by atoms with van der Waals surface area (Å²) in [6.45, 7) is -2.65. The molecule has 0 bridgehead atoms. The zero-order chi connectivity index (χ0) is 22.7. The van der Waals surface area contributed by atoms with Crippen molar-refractivity contribution < 1.29 is 23.1 Å². The molecule has 7 heteroatoms. The van der Waals surface area contributed by atoms with Gasteiger partial charge < -0.3 is 14.5 Å². The Bertz CT molecular complexity index is 953. The molecule has 0 spiro atoms. The molecular weight excluding hydrogens is 414 g/mol. The van der Waals surface area contributed by atoms with Crippen LogP contribution in [0.25, 0.3) is 0 Å². The number of halogens is 2. The summed E-state index contributed by atoms with van der Waals surface area (Å²) < 4.78 is 29.5. The lowest BCUT2D eigenvalue weighted by Crippen LogP contribution is -2.49. The molecule has 3 unspecified atom stereocenters. The van der Waals surface area contributed by atoms with Crippen molar-refractivity contribution >= 4 is 11.8 Å². The Labute approximate surface area is 187 Å². The number of rotatable bonds is 6. The van der Waals surface area contributed by atoms with Crippen LogP contribution in [0.5, 0.6) is 5.75 Å². The molecule has 3 atom stereocenters. The molecule has 1 heterocycles. The van der Waals surface area contributed by atoms with Gasteiger partial charge in [-0.15, -0.1) is 0 Å². The molecule has 1 saturated carbocycles. The normalized spacial score (nSPS) is 22.5. The van der Waals surface area contributed by atoms with E-state index in [1.807, 2.05) is 23.1 Å². The first-order chi connectivity index (χ1) is 15.4. The minimum Gasteiger partial charge on any atom is -0.435 e. The average Bonchev–Trinajstić information content (AvgIpc) is 3.18. The molecule has 5 nitrogen and oxygen atoms in total. The molecule has 0 aromatic heterocycles. The number of carbonyl (C=O) groups excluding carboxylic acids is 2. The Morgan fingerprint density at radius 2 is 1.84 bits per heavy atom. The van der Waals surface area contributed by atoms with Gasteiger partial charge in [-0.3, -0.25) is 9.59 Å². The van der Waals surface area contributed by atoms with Crippen molar-refractivity contribution in [1.82, 2.24) is 9.80 Å². The first-order valence-electron chi connectivity index (χ1n) is 11.1. The Balaban J connectivity index is 1.53. The number of benzene rings is 2. The van der Waals surface area contributed by atoms with Crippen molar-refractivity contribution in [3.05, 3.63) is 65.7 Å². The van der Waals surface area contributed by atoms with Crippen LogP contribution in [-0.4, -0.2) is 47.4 Å². The van der Waals surface area contributed by atoms with Gasteiger partial charge in [0, 0.05) is 25.2 Å².